The first-order chi connectivity index (χ1) is 6.27. The van der Waals surface area contributed by atoms with Gasteiger partial charge in [0.05, 0.1) is 11.4 Å². The fraction of sp³-hybridized carbons (Fsp3) is 0.455. The molecule has 0 aliphatic heterocycles. The number of anilines is 2. The number of hydrogen-bond donors (Lipinski definition) is 2. The van der Waals surface area contributed by atoms with Gasteiger partial charge in [0.15, 0.2) is 0 Å². The van der Waals surface area contributed by atoms with Gasteiger partial charge in [0.2, 0.25) is 0 Å². The number of rotatable bonds is 3. The van der Waals surface area contributed by atoms with Gasteiger partial charge in [0, 0.05) is 6.04 Å². The van der Waals surface area contributed by atoms with Gasteiger partial charge in [0.25, 0.3) is 0 Å². The molecule has 13 heavy (non-hydrogen) atoms. The Morgan fingerprint density at radius 3 is 2.69 bits per heavy atom. The maximum Gasteiger partial charge on any atom is 0.0576 e. The van der Waals surface area contributed by atoms with Gasteiger partial charge in [-0.05, 0) is 37.8 Å². The van der Waals surface area contributed by atoms with Gasteiger partial charge < -0.3 is 11.1 Å². The summed E-state index contributed by atoms with van der Waals surface area (Å²) in [5, 5.41) is 3.45. The molecule has 0 amide bonds. The van der Waals surface area contributed by atoms with Crippen molar-refractivity contribution in [1.29, 1.82) is 0 Å². The summed E-state index contributed by atoms with van der Waals surface area (Å²) in [6.45, 7) is 2.23. The lowest BCUT2D eigenvalue weighted by molar-refractivity contribution is 0.694. The lowest BCUT2D eigenvalue weighted by atomic mass is 10.2. The number of hydrogen-bond acceptors (Lipinski definition) is 2. The van der Waals surface area contributed by atoms with Gasteiger partial charge in [-0.15, -0.1) is 0 Å². The second-order valence-corrected chi connectivity index (χ2v) is 3.86. The summed E-state index contributed by atoms with van der Waals surface area (Å²) in [6.07, 6.45) is 2.72. The van der Waals surface area contributed by atoms with Crippen molar-refractivity contribution in [3.63, 3.8) is 0 Å². The van der Waals surface area contributed by atoms with E-state index in [0.29, 0.717) is 6.04 Å². The minimum absolute atomic E-state index is 0.560. The van der Waals surface area contributed by atoms with E-state index in [9.17, 15) is 0 Å². The molecule has 0 radical (unpaired) electrons. The average Bonchev–Trinajstić information content (AvgIpc) is 2.91. The van der Waals surface area contributed by atoms with Crippen molar-refractivity contribution in [1.82, 2.24) is 0 Å². The lowest BCUT2D eigenvalue weighted by Crippen LogP contribution is -2.17. The van der Waals surface area contributed by atoms with Crippen LogP contribution in [0.5, 0.6) is 0 Å². The third kappa shape index (κ3) is 1.94. The second kappa shape index (κ2) is 3.29. The van der Waals surface area contributed by atoms with Gasteiger partial charge >= 0.3 is 0 Å². The monoisotopic (exact) mass is 176 g/mol. The lowest BCUT2D eigenvalue weighted by Gasteiger charge is -2.15. The van der Waals surface area contributed by atoms with Gasteiger partial charge in [-0.1, -0.05) is 12.1 Å². The fourth-order valence-electron chi connectivity index (χ4n) is 1.59. The van der Waals surface area contributed by atoms with Crippen LogP contribution in [0.3, 0.4) is 0 Å². The van der Waals surface area contributed by atoms with E-state index in [1.54, 1.807) is 0 Å². The Bertz CT molecular complexity index is 292. The predicted octanol–water partition coefficient (Wildman–Crippen LogP) is 2.48. The molecule has 0 aromatic heterocycles. The Labute approximate surface area is 79.1 Å². The third-order valence-corrected chi connectivity index (χ3v) is 2.67. The Balaban J connectivity index is 2.03. The molecule has 1 unspecified atom stereocenters. The normalized spacial score (nSPS) is 18.2. The van der Waals surface area contributed by atoms with E-state index in [4.69, 9.17) is 5.73 Å². The second-order valence-electron chi connectivity index (χ2n) is 3.86. The summed E-state index contributed by atoms with van der Waals surface area (Å²) in [5.41, 5.74) is 7.74. The number of para-hydroxylation sites is 2. The zero-order chi connectivity index (χ0) is 9.26. The molecule has 1 aliphatic rings. The summed E-state index contributed by atoms with van der Waals surface area (Å²) in [4.78, 5) is 0. The van der Waals surface area contributed by atoms with Gasteiger partial charge in [0.1, 0.15) is 0 Å². The molecule has 0 heterocycles. The smallest absolute Gasteiger partial charge is 0.0576 e. The molecule has 1 aromatic rings. The Hall–Kier alpha value is -1.18. The molecule has 0 saturated heterocycles. The average molecular weight is 176 g/mol. The molecule has 1 fully saturated rings. The van der Waals surface area contributed by atoms with Crippen molar-refractivity contribution >= 4 is 11.4 Å². The van der Waals surface area contributed by atoms with Crippen LogP contribution >= 0.6 is 0 Å². The molecule has 1 aliphatic carbocycles. The topological polar surface area (TPSA) is 38.0 Å². The molecule has 1 saturated carbocycles. The molecule has 2 nitrogen and oxygen atoms in total. The van der Waals surface area contributed by atoms with E-state index < -0.39 is 0 Å². The van der Waals surface area contributed by atoms with Crippen LogP contribution in [0.25, 0.3) is 0 Å². The molecule has 70 valence electrons. The first-order valence-corrected chi connectivity index (χ1v) is 4.88. The summed E-state index contributed by atoms with van der Waals surface area (Å²) in [5.74, 6) is 0.861. The maximum absolute atomic E-state index is 5.83. The van der Waals surface area contributed by atoms with Crippen LogP contribution in [0.15, 0.2) is 24.3 Å². The van der Waals surface area contributed by atoms with Gasteiger partial charge in [-0.3, -0.25) is 0 Å². The summed E-state index contributed by atoms with van der Waals surface area (Å²) in [7, 11) is 0. The predicted molar refractivity (Wildman–Crippen MR) is 56.7 cm³/mol. The van der Waals surface area contributed by atoms with Crippen molar-refractivity contribution in [2.45, 2.75) is 25.8 Å². The first kappa shape index (κ1) is 8.42. The molecular weight excluding hydrogens is 160 g/mol. The zero-order valence-electron chi connectivity index (χ0n) is 7.96. The van der Waals surface area contributed by atoms with Gasteiger partial charge in [-0.2, -0.15) is 0 Å². The van der Waals surface area contributed by atoms with E-state index in [1.807, 2.05) is 24.3 Å². The number of nitrogen functional groups attached to an aromatic ring is 1. The van der Waals surface area contributed by atoms with Crippen molar-refractivity contribution in [3.8, 4) is 0 Å². The molecule has 1 aromatic carbocycles. The number of nitrogens with one attached hydrogen (secondary N) is 1. The minimum Gasteiger partial charge on any atom is -0.397 e. The van der Waals surface area contributed by atoms with Crippen LogP contribution in [0, 0.1) is 5.92 Å². The Morgan fingerprint density at radius 2 is 2.08 bits per heavy atom. The summed E-state index contributed by atoms with van der Waals surface area (Å²) < 4.78 is 0. The summed E-state index contributed by atoms with van der Waals surface area (Å²) in [6, 6.07) is 8.50. The van der Waals surface area contributed by atoms with Crippen LogP contribution in [0.4, 0.5) is 11.4 Å². The quantitative estimate of drug-likeness (QED) is 0.694. The molecule has 2 heteroatoms. The van der Waals surface area contributed by atoms with Crippen LogP contribution in [0.1, 0.15) is 19.8 Å². The molecule has 2 rings (SSSR count). The van der Waals surface area contributed by atoms with Crippen molar-refractivity contribution < 1.29 is 0 Å². The maximum atomic E-state index is 5.83. The largest absolute Gasteiger partial charge is 0.397 e. The van der Waals surface area contributed by atoms with Crippen molar-refractivity contribution in [3.05, 3.63) is 24.3 Å². The molecule has 1 atom stereocenters. The van der Waals surface area contributed by atoms with Crippen molar-refractivity contribution in [2.24, 2.45) is 5.92 Å². The van der Waals surface area contributed by atoms with Gasteiger partial charge in [-0.25, -0.2) is 0 Å². The molecule has 0 bridgehead atoms. The highest BCUT2D eigenvalue weighted by molar-refractivity contribution is 5.65. The highest BCUT2D eigenvalue weighted by atomic mass is 14.9. The SMILES string of the molecule is CC(Nc1ccccc1N)C1CC1. The van der Waals surface area contributed by atoms with Crippen LogP contribution in [-0.4, -0.2) is 6.04 Å². The Morgan fingerprint density at radius 1 is 1.38 bits per heavy atom. The van der Waals surface area contributed by atoms with E-state index in [1.165, 1.54) is 12.8 Å². The van der Waals surface area contributed by atoms with E-state index in [-0.39, 0.29) is 0 Å². The van der Waals surface area contributed by atoms with Crippen molar-refractivity contribution in [2.75, 3.05) is 11.1 Å². The number of benzene rings is 1. The number of nitrogens with two attached hydrogens (primary N) is 1. The van der Waals surface area contributed by atoms with E-state index in [2.05, 4.69) is 12.2 Å². The van der Waals surface area contributed by atoms with E-state index >= 15 is 0 Å². The van der Waals surface area contributed by atoms with Crippen LogP contribution in [-0.2, 0) is 0 Å². The fourth-order valence-corrected chi connectivity index (χ4v) is 1.59. The standard InChI is InChI=1S/C11H16N2/c1-8(9-6-7-9)13-11-5-3-2-4-10(11)12/h2-5,8-9,13H,6-7,12H2,1H3. The molecular formula is C11H16N2. The van der Waals surface area contributed by atoms with Crippen LogP contribution in [0.2, 0.25) is 0 Å². The molecule has 3 N–H and O–H groups in total. The summed E-state index contributed by atoms with van der Waals surface area (Å²) >= 11 is 0. The molecule has 0 spiro atoms. The third-order valence-electron chi connectivity index (χ3n) is 2.67. The van der Waals surface area contributed by atoms with E-state index in [0.717, 1.165) is 17.3 Å². The van der Waals surface area contributed by atoms with Crippen LogP contribution < -0.4 is 11.1 Å². The highest BCUT2D eigenvalue weighted by Gasteiger charge is 2.27. The minimum atomic E-state index is 0.560. The first-order valence-electron chi connectivity index (χ1n) is 4.88. The highest BCUT2D eigenvalue weighted by Crippen LogP contribution is 2.34. The Kier molecular flexibility index (Phi) is 2.13. The zero-order valence-corrected chi connectivity index (χ0v) is 7.96.